The molecule has 9 heteroatoms. The van der Waals surface area contributed by atoms with Crippen LogP contribution in [-0.4, -0.2) is 66.0 Å². The number of carbonyl (C=O) groups is 1. The highest BCUT2D eigenvalue weighted by atomic mass is 35.5. The average molecular weight is 552 g/mol. The van der Waals surface area contributed by atoms with Crippen molar-refractivity contribution in [2.75, 3.05) is 49.5 Å². The van der Waals surface area contributed by atoms with E-state index in [1.165, 1.54) is 12.8 Å². The second-order valence-corrected chi connectivity index (χ2v) is 11.0. The van der Waals surface area contributed by atoms with Gasteiger partial charge in [0.2, 0.25) is 0 Å². The number of aromatic nitrogens is 1. The maximum atomic E-state index is 14.5. The summed E-state index contributed by atoms with van der Waals surface area (Å²) in [6.07, 6.45) is 6.41. The van der Waals surface area contributed by atoms with Gasteiger partial charge in [0.1, 0.15) is 17.5 Å². The van der Waals surface area contributed by atoms with Crippen molar-refractivity contribution in [3.63, 3.8) is 0 Å². The van der Waals surface area contributed by atoms with Crippen LogP contribution in [0, 0.1) is 11.6 Å². The fourth-order valence-corrected chi connectivity index (χ4v) is 6.23. The molecule has 2 saturated heterocycles. The van der Waals surface area contributed by atoms with Crippen LogP contribution in [0.2, 0.25) is 5.02 Å². The van der Waals surface area contributed by atoms with Crippen LogP contribution in [0.1, 0.15) is 41.6 Å². The molecule has 2 aromatic carbocycles. The summed E-state index contributed by atoms with van der Waals surface area (Å²) in [7, 11) is 0. The summed E-state index contributed by atoms with van der Waals surface area (Å²) in [5.41, 5.74) is 3.42. The molecule has 0 bridgehead atoms. The third-order valence-corrected chi connectivity index (χ3v) is 8.55. The third kappa shape index (κ3) is 5.32. The van der Waals surface area contributed by atoms with Crippen LogP contribution in [0.25, 0.3) is 11.1 Å². The minimum atomic E-state index is -0.638. The summed E-state index contributed by atoms with van der Waals surface area (Å²) < 4.78 is 28.5. The average Bonchev–Trinajstić information content (AvgIpc) is 3.65. The van der Waals surface area contributed by atoms with E-state index in [0.29, 0.717) is 24.5 Å². The number of pyridine rings is 1. The van der Waals surface area contributed by atoms with Gasteiger partial charge in [0.25, 0.3) is 5.91 Å². The first-order chi connectivity index (χ1) is 19.0. The van der Waals surface area contributed by atoms with E-state index in [1.807, 2.05) is 40.1 Å². The molecule has 1 aromatic heterocycles. The zero-order valence-electron chi connectivity index (χ0n) is 21.8. The van der Waals surface area contributed by atoms with Crippen LogP contribution in [0.5, 0.6) is 0 Å². The minimum Gasteiger partial charge on any atom is -0.367 e. The molecular formula is C30H32ClF2N5O. The lowest BCUT2D eigenvalue weighted by Gasteiger charge is -2.32. The number of likely N-dealkylation sites (tertiary alicyclic amines) is 2. The number of hydrogen-bond donors (Lipinski definition) is 1. The van der Waals surface area contributed by atoms with Crippen molar-refractivity contribution in [1.82, 2.24) is 14.8 Å². The van der Waals surface area contributed by atoms with Crippen molar-refractivity contribution in [2.24, 2.45) is 0 Å². The van der Waals surface area contributed by atoms with Crippen molar-refractivity contribution < 1.29 is 13.6 Å². The van der Waals surface area contributed by atoms with E-state index in [1.54, 1.807) is 6.20 Å². The highest BCUT2D eigenvalue weighted by Crippen LogP contribution is 2.35. The predicted molar refractivity (Wildman–Crippen MR) is 150 cm³/mol. The Morgan fingerprint density at radius 1 is 0.974 bits per heavy atom. The molecule has 1 atom stereocenters. The monoisotopic (exact) mass is 551 g/mol. The Morgan fingerprint density at radius 3 is 2.54 bits per heavy atom. The van der Waals surface area contributed by atoms with E-state index in [-0.39, 0.29) is 29.1 Å². The molecule has 0 saturated carbocycles. The van der Waals surface area contributed by atoms with Crippen LogP contribution in [0.4, 0.5) is 20.3 Å². The van der Waals surface area contributed by atoms with Gasteiger partial charge in [0.15, 0.2) is 0 Å². The van der Waals surface area contributed by atoms with Gasteiger partial charge in [0, 0.05) is 61.7 Å². The second-order valence-electron chi connectivity index (χ2n) is 10.6. The topological polar surface area (TPSA) is 51.7 Å². The first-order valence-corrected chi connectivity index (χ1v) is 14.1. The number of amides is 1. The van der Waals surface area contributed by atoms with Gasteiger partial charge >= 0.3 is 0 Å². The normalized spacial score (nSPS) is 19.3. The standard InChI is InChI=1S/C30H32ClF2N5O/c31-28-24(25(32)9-10-26(28)33)19-37-15-11-34-29-27(37)16-22(17-35-29)20-5-7-21(8-6-20)30(39)38-14-3-4-23(38)18-36-12-1-2-13-36/h5-10,16-17,23H,1-4,11-15,18-19H2,(H,34,35). The van der Waals surface area contributed by atoms with Gasteiger partial charge in [-0.1, -0.05) is 23.7 Å². The highest BCUT2D eigenvalue weighted by Gasteiger charge is 2.31. The Kier molecular flexibility index (Phi) is 7.40. The first kappa shape index (κ1) is 26.0. The molecule has 3 aliphatic rings. The summed E-state index contributed by atoms with van der Waals surface area (Å²) in [6, 6.07) is 12.1. The Balaban J connectivity index is 1.20. The number of nitrogens with zero attached hydrogens (tertiary/aromatic N) is 4. The molecule has 0 radical (unpaired) electrons. The summed E-state index contributed by atoms with van der Waals surface area (Å²) in [5.74, 6) is -0.397. The van der Waals surface area contributed by atoms with E-state index in [2.05, 4.69) is 15.2 Å². The molecule has 0 aliphatic carbocycles. The quantitative estimate of drug-likeness (QED) is 0.392. The van der Waals surface area contributed by atoms with Gasteiger partial charge < -0.3 is 20.0 Å². The molecule has 2 fully saturated rings. The van der Waals surface area contributed by atoms with Crippen molar-refractivity contribution in [3.8, 4) is 11.1 Å². The third-order valence-electron chi connectivity index (χ3n) is 8.14. The molecule has 1 N–H and O–H groups in total. The van der Waals surface area contributed by atoms with Crippen molar-refractivity contribution >= 4 is 29.0 Å². The number of nitrogens with one attached hydrogen (secondary N) is 1. The Hall–Kier alpha value is -3.23. The van der Waals surface area contributed by atoms with Crippen LogP contribution in [0.15, 0.2) is 48.7 Å². The molecule has 6 nitrogen and oxygen atoms in total. The van der Waals surface area contributed by atoms with Gasteiger partial charge in [0.05, 0.1) is 10.7 Å². The van der Waals surface area contributed by atoms with Gasteiger partial charge in [-0.2, -0.15) is 0 Å². The number of hydrogen-bond acceptors (Lipinski definition) is 5. The lowest BCUT2D eigenvalue weighted by Crippen LogP contribution is -2.42. The van der Waals surface area contributed by atoms with E-state index in [0.717, 1.165) is 68.0 Å². The molecule has 39 heavy (non-hydrogen) atoms. The Bertz CT molecular complexity index is 1360. The summed E-state index contributed by atoms with van der Waals surface area (Å²) >= 11 is 6.10. The van der Waals surface area contributed by atoms with Gasteiger partial charge in [-0.3, -0.25) is 4.79 Å². The van der Waals surface area contributed by atoms with Gasteiger partial charge in [-0.15, -0.1) is 0 Å². The Morgan fingerprint density at radius 2 is 1.74 bits per heavy atom. The van der Waals surface area contributed by atoms with E-state index < -0.39 is 11.6 Å². The molecule has 1 amide bonds. The van der Waals surface area contributed by atoms with Crippen molar-refractivity contribution in [3.05, 3.63) is 76.4 Å². The number of carbonyl (C=O) groups excluding carboxylic acids is 1. The molecule has 6 rings (SSSR count). The van der Waals surface area contributed by atoms with Crippen LogP contribution in [-0.2, 0) is 6.54 Å². The lowest BCUT2D eigenvalue weighted by molar-refractivity contribution is 0.0709. The molecule has 3 aromatic rings. The lowest BCUT2D eigenvalue weighted by atomic mass is 10.0. The fraction of sp³-hybridized carbons (Fsp3) is 0.400. The first-order valence-electron chi connectivity index (χ1n) is 13.7. The number of halogens is 3. The van der Waals surface area contributed by atoms with Crippen LogP contribution >= 0.6 is 11.6 Å². The largest absolute Gasteiger partial charge is 0.367 e. The van der Waals surface area contributed by atoms with Crippen LogP contribution in [0.3, 0.4) is 0 Å². The number of rotatable bonds is 6. The van der Waals surface area contributed by atoms with Gasteiger partial charge in [-0.25, -0.2) is 13.8 Å². The maximum Gasteiger partial charge on any atom is 0.254 e. The van der Waals surface area contributed by atoms with Crippen molar-refractivity contribution in [1.29, 1.82) is 0 Å². The number of benzene rings is 2. The highest BCUT2D eigenvalue weighted by molar-refractivity contribution is 6.31. The molecule has 3 aliphatic heterocycles. The SMILES string of the molecule is O=C(c1ccc(-c2cnc3c(c2)N(Cc2c(F)ccc(F)c2Cl)CCN3)cc1)N1CCCC1CN1CCCC1. The van der Waals surface area contributed by atoms with E-state index in [9.17, 15) is 13.6 Å². The zero-order chi connectivity index (χ0) is 26.9. The zero-order valence-corrected chi connectivity index (χ0v) is 22.6. The smallest absolute Gasteiger partial charge is 0.254 e. The fourth-order valence-electron chi connectivity index (χ4n) is 6.01. The molecular weight excluding hydrogens is 520 g/mol. The number of anilines is 2. The van der Waals surface area contributed by atoms with E-state index >= 15 is 0 Å². The molecule has 4 heterocycles. The second kappa shape index (κ2) is 11.1. The molecule has 204 valence electrons. The molecule has 1 unspecified atom stereocenters. The summed E-state index contributed by atoms with van der Waals surface area (Å²) in [6.45, 7) is 5.40. The van der Waals surface area contributed by atoms with Crippen LogP contribution < -0.4 is 10.2 Å². The van der Waals surface area contributed by atoms with Crippen molar-refractivity contribution in [2.45, 2.75) is 38.3 Å². The minimum absolute atomic E-state index is 0.0937. The summed E-state index contributed by atoms with van der Waals surface area (Å²) in [4.78, 5) is 24.5. The van der Waals surface area contributed by atoms with Gasteiger partial charge in [-0.05, 0) is 74.7 Å². The maximum absolute atomic E-state index is 14.5. The van der Waals surface area contributed by atoms with E-state index in [4.69, 9.17) is 11.6 Å². The predicted octanol–water partition coefficient (Wildman–Crippen LogP) is 5.81. The number of fused-ring (bicyclic) bond motifs is 1. The summed E-state index contributed by atoms with van der Waals surface area (Å²) in [5, 5.41) is 3.08. The molecule has 0 spiro atoms. The Labute approximate surface area is 232 Å².